The lowest BCUT2D eigenvalue weighted by molar-refractivity contribution is 0.288. The van der Waals surface area contributed by atoms with Crippen molar-refractivity contribution in [2.24, 2.45) is 0 Å². The maximum atomic E-state index is 5.42. The van der Waals surface area contributed by atoms with Gasteiger partial charge in [0.1, 0.15) is 36.9 Å². The SMILES string of the molecule is CC.CC.CC.CC.CC.CC.CC.CC.CC.CC.CC.CC.CC.Cc1ccncn1.Cc1ccnnc1.Cc1cnncn1.Cc1ncncn1.c1ccc2c(c1)CCCO2.c1ccc2c(c1)CCCS2.c1ccc2ccccc2c1.c1ccc2ncccc2c1. The number of nitrogens with zero attached hydrogens (tertiary/aromatic N) is 11. The van der Waals surface area contributed by atoms with Crippen molar-refractivity contribution in [1.29, 1.82) is 0 Å². The van der Waals surface area contributed by atoms with E-state index in [9.17, 15) is 0 Å². The fourth-order valence-electron chi connectivity index (χ4n) is 6.05. The summed E-state index contributed by atoms with van der Waals surface area (Å²) in [5, 5.41) is 18.1. The largest absolute Gasteiger partial charge is 0.493 e. The molecule has 0 radical (unpaired) electrons. The second-order valence-electron chi connectivity index (χ2n) is 14.9. The highest BCUT2D eigenvalue weighted by atomic mass is 32.2. The predicted octanol–water partition coefficient (Wildman–Crippen LogP) is 25.1. The number of rotatable bonds is 0. The monoisotopic (exact) mass is 1310 g/mol. The first-order valence-corrected chi connectivity index (χ1v) is 36.2. The Labute approximate surface area is 582 Å². The van der Waals surface area contributed by atoms with E-state index in [1.807, 2.05) is 274 Å². The molecule has 5 aromatic heterocycles. The standard InChI is InChI=1S/C10H8.C9H7N.C9H10O.C9H10S.2C5H6N2.2C4H5N3.13C2H6/c1-2-6-10-8-4-3-7-9(10)5-1;3*1-2-6-9-8(4-1)5-3-7-10-9;1-5-2-3-6-4-7-5;1-5-2-3-6-7-4-5;1-4-6-2-5-3-7-4;1-4-2-6-7-3-5-4;13*1-2/h1-8H;1-7H;2*1-2,4,6H,3,5,7H2;2*2-4H,1H3;2*2-3H,1H3;13*1-2H3. The summed E-state index contributed by atoms with van der Waals surface area (Å²) in [6.07, 6.45) is 19.4. The number of hydrogen-bond donors (Lipinski definition) is 0. The highest BCUT2D eigenvalue weighted by Gasteiger charge is 2.08. The van der Waals surface area contributed by atoms with Crippen LogP contribution in [-0.2, 0) is 12.8 Å². The Morgan fingerprint density at radius 3 is 1.16 bits per heavy atom. The minimum absolute atomic E-state index is 0.759. The molecule has 94 heavy (non-hydrogen) atoms. The van der Waals surface area contributed by atoms with Crippen LogP contribution in [0, 0.1) is 27.7 Å². The number of thioether (sulfide) groups is 1. The van der Waals surface area contributed by atoms with Crippen LogP contribution in [0.1, 0.15) is 227 Å². The van der Waals surface area contributed by atoms with Gasteiger partial charge in [-0.3, -0.25) is 4.98 Å². The zero-order chi connectivity index (χ0) is 73.7. The number of benzene rings is 5. The molecule has 526 valence electrons. The molecule has 0 unspecified atom stereocenters. The van der Waals surface area contributed by atoms with Gasteiger partial charge in [0, 0.05) is 34.6 Å². The van der Waals surface area contributed by atoms with Gasteiger partial charge in [-0.15, -0.1) is 16.9 Å². The number of aryl methyl sites for hydroxylation is 6. The summed E-state index contributed by atoms with van der Waals surface area (Å²) in [5.41, 5.74) is 7.01. The number of ether oxygens (including phenoxy) is 1. The van der Waals surface area contributed by atoms with Crippen LogP contribution in [0.4, 0.5) is 0 Å². The van der Waals surface area contributed by atoms with Crippen molar-refractivity contribution in [2.45, 2.75) is 238 Å². The molecular formula is C81H135N11OS. The summed E-state index contributed by atoms with van der Waals surface area (Å²) in [4.78, 5) is 28.2. The van der Waals surface area contributed by atoms with Crippen LogP contribution in [0.5, 0.6) is 5.75 Å². The molecule has 2 aliphatic rings. The second-order valence-corrected chi connectivity index (χ2v) is 16.0. The molecule has 0 saturated heterocycles. The van der Waals surface area contributed by atoms with E-state index in [2.05, 4.69) is 152 Å². The Hall–Kier alpha value is -7.90. The molecule has 5 aromatic carbocycles. The first-order chi connectivity index (χ1) is 46.4. The van der Waals surface area contributed by atoms with Gasteiger partial charge in [-0.25, -0.2) is 29.9 Å². The Balaban J connectivity index is -0.000000120. The van der Waals surface area contributed by atoms with E-state index in [-0.39, 0.29) is 0 Å². The number of aromatic nitrogens is 11. The summed E-state index contributed by atoms with van der Waals surface area (Å²) in [6.45, 7) is 60.5. The normalized spacial score (nSPS) is 8.96. The molecule has 12 rings (SSSR count). The Morgan fingerprint density at radius 2 is 0.777 bits per heavy atom. The quantitative estimate of drug-likeness (QED) is 0.142. The zero-order valence-corrected chi connectivity index (χ0v) is 65.8. The molecule has 12 nitrogen and oxygen atoms in total. The van der Waals surface area contributed by atoms with Crippen LogP contribution < -0.4 is 4.74 Å². The van der Waals surface area contributed by atoms with Crippen LogP contribution in [0.15, 0.2) is 207 Å². The first kappa shape index (κ1) is 105. The lowest BCUT2D eigenvalue weighted by Crippen LogP contribution is -2.07. The first-order valence-electron chi connectivity index (χ1n) is 35.2. The molecule has 0 atom stereocenters. The van der Waals surface area contributed by atoms with Gasteiger partial charge < -0.3 is 4.74 Å². The van der Waals surface area contributed by atoms with Crippen LogP contribution in [0.25, 0.3) is 21.7 Å². The summed E-state index contributed by atoms with van der Waals surface area (Å²) < 4.78 is 5.42. The van der Waals surface area contributed by atoms with E-state index in [0.717, 1.165) is 47.1 Å². The maximum absolute atomic E-state index is 5.42. The third kappa shape index (κ3) is 62.9. The van der Waals surface area contributed by atoms with Crippen molar-refractivity contribution in [1.82, 2.24) is 55.3 Å². The summed E-state index contributed by atoms with van der Waals surface area (Å²) >= 11 is 1.99. The molecule has 7 heterocycles. The van der Waals surface area contributed by atoms with Crippen molar-refractivity contribution >= 4 is 33.4 Å². The molecule has 0 saturated carbocycles. The molecule has 0 aliphatic carbocycles. The molecule has 0 N–H and O–H groups in total. The van der Waals surface area contributed by atoms with Gasteiger partial charge in [-0.1, -0.05) is 289 Å². The van der Waals surface area contributed by atoms with E-state index < -0.39 is 0 Å². The van der Waals surface area contributed by atoms with Crippen LogP contribution in [0.3, 0.4) is 0 Å². The van der Waals surface area contributed by atoms with E-state index in [1.54, 1.807) is 30.4 Å². The summed E-state index contributed by atoms with van der Waals surface area (Å²) in [6, 6.07) is 49.5. The van der Waals surface area contributed by atoms with Crippen molar-refractivity contribution in [2.75, 3.05) is 12.4 Å². The van der Waals surface area contributed by atoms with Crippen LogP contribution in [0.2, 0.25) is 0 Å². The molecule has 10 aromatic rings. The van der Waals surface area contributed by atoms with E-state index >= 15 is 0 Å². The van der Waals surface area contributed by atoms with Gasteiger partial charge in [-0.2, -0.15) is 15.3 Å². The van der Waals surface area contributed by atoms with E-state index in [4.69, 9.17) is 4.74 Å². The molecule has 0 amide bonds. The summed E-state index contributed by atoms with van der Waals surface area (Å²) in [5.74, 6) is 3.14. The fourth-order valence-corrected chi connectivity index (χ4v) is 7.09. The smallest absolute Gasteiger partial charge is 0.138 e. The Kier molecular flexibility index (Phi) is 105. The van der Waals surface area contributed by atoms with E-state index in [0.29, 0.717) is 0 Å². The lowest BCUT2D eigenvalue weighted by atomic mass is 10.1. The number of pyridine rings is 1. The fraction of sp³-hybridized carbons (Fsp3) is 0.444. The third-order valence-electron chi connectivity index (χ3n) is 9.52. The second kappa shape index (κ2) is 93.8. The van der Waals surface area contributed by atoms with Gasteiger partial charge in [0.25, 0.3) is 0 Å². The molecule has 2 aliphatic heterocycles. The van der Waals surface area contributed by atoms with Gasteiger partial charge in [0.2, 0.25) is 0 Å². The van der Waals surface area contributed by atoms with Crippen molar-refractivity contribution < 1.29 is 4.74 Å². The average molecular weight is 1310 g/mol. The van der Waals surface area contributed by atoms with E-state index in [1.165, 1.54) is 76.9 Å². The highest BCUT2D eigenvalue weighted by molar-refractivity contribution is 7.99. The van der Waals surface area contributed by atoms with Gasteiger partial charge in [-0.05, 0) is 123 Å². The maximum Gasteiger partial charge on any atom is 0.138 e. The number of para-hydroxylation sites is 2. The summed E-state index contributed by atoms with van der Waals surface area (Å²) in [7, 11) is 0. The molecule has 13 heteroatoms. The zero-order valence-electron chi connectivity index (χ0n) is 65.0. The van der Waals surface area contributed by atoms with Crippen LogP contribution in [-0.4, -0.2) is 67.6 Å². The lowest BCUT2D eigenvalue weighted by Gasteiger charge is -2.15. The van der Waals surface area contributed by atoms with Crippen molar-refractivity contribution in [3.63, 3.8) is 0 Å². The Morgan fingerprint density at radius 1 is 0.330 bits per heavy atom. The molecule has 0 fully saturated rings. The molecule has 0 bridgehead atoms. The third-order valence-corrected chi connectivity index (χ3v) is 10.7. The molecule has 0 spiro atoms. The van der Waals surface area contributed by atoms with Crippen LogP contribution >= 0.6 is 11.8 Å². The van der Waals surface area contributed by atoms with Gasteiger partial charge >= 0.3 is 0 Å². The molecular weight excluding hydrogens is 1180 g/mol. The van der Waals surface area contributed by atoms with Crippen molar-refractivity contribution in [3.05, 3.63) is 236 Å². The minimum atomic E-state index is 0.759. The topological polar surface area (TPSA) is 151 Å². The average Bonchev–Trinajstić information content (AvgIpc) is 1.25. The predicted molar refractivity (Wildman–Crippen MR) is 422 cm³/mol. The van der Waals surface area contributed by atoms with Gasteiger partial charge in [0.15, 0.2) is 0 Å². The minimum Gasteiger partial charge on any atom is -0.493 e. The number of hydrogen-bond acceptors (Lipinski definition) is 13. The Bertz CT molecular complexity index is 2420. The van der Waals surface area contributed by atoms with Gasteiger partial charge in [0.05, 0.1) is 30.2 Å². The number of fused-ring (bicyclic) bond motifs is 4. The highest BCUT2D eigenvalue weighted by Crippen LogP contribution is 2.29. The van der Waals surface area contributed by atoms with Crippen molar-refractivity contribution in [3.8, 4) is 5.75 Å².